The molecule has 5 heteroatoms. The zero-order valence-electron chi connectivity index (χ0n) is 6.43. The highest BCUT2D eigenvalue weighted by atomic mass is 35.8. The van der Waals surface area contributed by atoms with Crippen molar-refractivity contribution < 1.29 is 0 Å². The molecule has 0 saturated heterocycles. The molecule has 0 unspecified atom stereocenters. The maximum Gasteiger partial charge on any atom is 0.383 e. The van der Waals surface area contributed by atoms with Crippen molar-refractivity contribution in [1.29, 1.82) is 0 Å². The lowest BCUT2D eigenvalue weighted by Crippen LogP contribution is -2.26. The summed E-state index contributed by atoms with van der Waals surface area (Å²) in [4.78, 5) is 0. The normalized spacial score (nSPS) is 12.2. The molecule has 0 nitrogen and oxygen atoms in total. The largest absolute Gasteiger partial charge is 0.383 e. The maximum absolute atomic E-state index is 5.91. The Morgan fingerprint density at radius 1 is 1.08 bits per heavy atom. The molecule has 0 radical (unpaired) electrons. The van der Waals surface area contributed by atoms with Crippen molar-refractivity contribution in [2.45, 2.75) is 0 Å². The third-order valence-electron chi connectivity index (χ3n) is 1.70. The topological polar surface area (TPSA) is 0 Å². The Hall–Kier alpha value is 0.267. The van der Waals surface area contributed by atoms with Crippen LogP contribution in [0.25, 0.3) is 10.1 Å². The van der Waals surface area contributed by atoms with E-state index in [-0.39, 0.29) is 0 Å². The van der Waals surface area contributed by atoms with Gasteiger partial charge >= 0.3 is 6.00 Å². The molecule has 0 atom stereocenters. The van der Waals surface area contributed by atoms with E-state index in [1.54, 1.807) is 11.3 Å². The second kappa shape index (κ2) is 3.44. The van der Waals surface area contributed by atoms with Gasteiger partial charge in [-0.25, -0.2) is 0 Å². The lowest BCUT2D eigenvalue weighted by Gasteiger charge is -2.01. The molecule has 68 valence electrons. The van der Waals surface area contributed by atoms with Crippen LogP contribution in [0, 0.1) is 0 Å². The van der Waals surface area contributed by atoms with Crippen LogP contribution in [0.2, 0.25) is 0 Å². The summed E-state index contributed by atoms with van der Waals surface area (Å²) >= 11 is 19.3. The van der Waals surface area contributed by atoms with Gasteiger partial charge < -0.3 is 0 Å². The van der Waals surface area contributed by atoms with Gasteiger partial charge in [0.05, 0.1) is 0 Å². The Balaban J connectivity index is 2.63. The molecule has 13 heavy (non-hydrogen) atoms. The van der Waals surface area contributed by atoms with E-state index in [0.29, 0.717) is 0 Å². The van der Waals surface area contributed by atoms with E-state index in [4.69, 9.17) is 33.2 Å². The average molecular weight is 268 g/mol. The molecular weight excluding hydrogens is 263 g/mol. The van der Waals surface area contributed by atoms with Crippen LogP contribution in [0.3, 0.4) is 0 Å². The molecule has 1 aromatic heterocycles. The van der Waals surface area contributed by atoms with Gasteiger partial charge in [0.1, 0.15) is 0 Å². The highest BCUT2D eigenvalue weighted by Crippen LogP contribution is 2.27. The number of fused-ring (bicyclic) bond motifs is 1. The predicted octanol–water partition coefficient (Wildman–Crippen LogP) is 3.76. The van der Waals surface area contributed by atoms with Gasteiger partial charge in [0.15, 0.2) is 0 Å². The van der Waals surface area contributed by atoms with Crippen LogP contribution in [0.15, 0.2) is 30.3 Å². The second-order valence-corrected chi connectivity index (χ2v) is 12.5. The van der Waals surface area contributed by atoms with Crippen LogP contribution in [-0.4, -0.2) is 6.00 Å². The molecule has 0 amide bonds. The SMILES string of the molecule is Cl[Si](Cl)(Cl)c1cc2ccccc2s1. The lowest BCUT2D eigenvalue weighted by atomic mass is 10.3. The number of halogens is 3. The summed E-state index contributed by atoms with van der Waals surface area (Å²) < 4.78 is 2.08. The van der Waals surface area contributed by atoms with Crippen LogP contribution in [0.5, 0.6) is 0 Å². The number of hydrogen-bond acceptors (Lipinski definition) is 1. The Morgan fingerprint density at radius 2 is 1.77 bits per heavy atom. The fourth-order valence-corrected chi connectivity index (χ4v) is 4.58. The third kappa shape index (κ3) is 2.03. The molecule has 1 heterocycles. The van der Waals surface area contributed by atoms with Crippen molar-refractivity contribution in [2.75, 3.05) is 0 Å². The summed E-state index contributed by atoms with van der Waals surface area (Å²) in [7, 11) is 0. The second-order valence-electron chi connectivity index (χ2n) is 2.65. The predicted molar refractivity (Wildman–Crippen MR) is 64.8 cm³/mol. The summed E-state index contributed by atoms with van der Waals surface area (Å²) in [6, 6.07) is 7.33. The zero-order chi connectivity index (χ0) is 9.47. The number of thiophene rings is 1. The van der Waals surface area contributed by atoms with Crippen molar-refractivity contribution in [3.63, 3.8) is 0 Å². The van der Waals surface area contributed by atoms with E-state index in [1.165, 1.54) is 4.70 Å². The highest BCUT2D eigenvalue weighted by molar-refractivity contribution is 7.73. The molecule has 0 N–H and O–H groups in total. The summed E-state index contributed by atoms with van der Waals surface area (Å²) in [5.74, 6) is 0. The molecule has 1 aromatic carbocycles. The molecule has 0 aliphatic heterocycles. The van der Waals surface area contributed by atoms with Gasteiger partial charge in [-0.1, -0.05) is 18.2 Å². The molecular formula is C8H5Cl3SSi. The summed E-state index contributed by atoms with van der Waals surface area (Å²) in [6.07, 6.45) is 0. The van der Waals surface area contributed by atoms with E-state index in [0.717, 1.165) is 9.89 Å². The van der Waals surface area contributed by atoms with Gasteiger partial charge in [-0.2, -0.15) is 0 Å². The molecule has 0 spiro atoms. The van der Waals surface area contributed by atoms with Crippen LogP contribution in [-0.2, 0) is 0 Å². The quantitative estimate of drug-likeness (QED) is 0.545. The molecule has 0 saturated carbocycles. The van der Waals surface area contributed by atoms with Crippen molar-refractivity contribution in [2.24, 2.45) is 0 Å². The van der Waals surface area contributed by atoms with Crippen LogP contribution in [0.4, 0.5) is 0 Å². The first-order chi connectivity index (χ1) is 6.07. The van der Waals surface area contributed by atoms with Crippen molar-refractivity contribution >= 4 is 65.2 Å². The van der Waals surface area contributed by atoms with Crippen molar-refractivity contribution in [1.82, 2.24) is 0 Å². The first-order valence-corrected chi connectivity index (χ1v) is 9.48. The molecule has 2 rings (SSSR count). The fourth-order valence-electron chi connectivity index (χ4n) is 1.12. The summed E-state index contributed by atoms with van der Waals surface area (Å²) in [5.41, 5.74) is 0. The monoisotopic (exact) mass is 266 g/mol. The minimum Gasteiger partial charge on any atom is -0.141 e. The fraction of sp³-hybridized carbons (Fsp3) is 0. The number of benzene rings is 1. The Labute approximate surface area is 95.2 Å². The Kier molecular flexibility index (Phi) is 2.60. The standard InChI is InChI=1S/C8H5Cl3SSi/c9-13(10,11)8-5-6-3-1-2-4-7(6)12-8/h1-5H. The van der Waals surface area contributed by atoms with E-state index in [1.807, 2.05) is 30.3 Å². The van der Waals surface area contributed by atoms with E-state index in [2.05, 4.69) is 0 Å². The molecule has 2 aromatic rings. The van der Waals surface area contributed by atoms with Crippen LogP contribution >= 0.6 is 44.6 Å². The minimum atomic E-state index is -2.68. The van der Waals surface area contributed by atoms with Gasteiger partial charge in [0.25, 0.3) is 0 Å². The molecule has 0 aliphatic rings. The van der Waals surface area contributed by atoms with Crippen LogP contribution < -0.4 is 4.50 Å². The Morgan fingerprint density at radius 3 is 2.38 bits per heavy atom. The van der Waals surface area contributed by atoms with Crippen molar-refractivity contribution in [3.05, 3.63) is 30.3 Å². The first kappa shape index (κ1) is 9.81. The average Bonchev–Trinajstić information content (AvgIpc) is 2.45. The number of rotatable bonds is 1. The van der Waals surface area contributed by atoms with Gasteiger partial charge in [-0.05, 0) is 17.5 Å². The maximum atomic E-state index is 5.91. The van der Waals surface area contributed by atoms with E-state index >= 15 is 0 Å². The van der Waals surface area contributed by atoms with E-state index < -0.39 is 6.00 Å². The minimum absolute atomic E-state index is 0.902. The van der Waals surface area contributed by atoms with Gasteiger partial charge in [0.2, 0.25) is 0 Å². The molecule has 0 bridgehead atoms. The molecule has 0 aliphatic carbocycles. The van der Waals surface area contributed by atoms with Gasteiger partial charge in [0, 0.05) is 9.20 Å². The highest BCUT2D eigenvalue weighted by Gasteiger charge is 2.30. The van der Waals surface area contributed by atoms with Gasteiger partial charge in [-0.15, -0.1) is 44.6 Å². The lowest BCUT2D eigenvalue weighted by molar-refractivity contribution is 1.86. The van der Waals surface area contributed by atoms with Crippen LogP contribution in [0.1, 0.15) is 0 Å². The third-order valence-corrected chi connectivity index (χ3v) is 7.40. The van der Waals surface area contributed by atoms with Gasteiger partial charge in [-0.3, -0.25) is 0 Å². The van der Waals surface area contributed by atoms with Crippen molar-refractivity contribution in [3.8, 4) is 0 Å². The summed E-state index contributed by atoms with van der Waals surface area (Å²) in [5, 5.41) is 1.15. The smallest absolute Gasteiger partial charge is 0.141 e. The Bertz CT molecular complexity index is 399. The summed E-state index contributed by atoms with van der Waals surface area (Å²) in [6.45, 7) is 0. The molecule has 0 fully saturated rings. The number of hydrogen-bond donors (Lipinski definition) is 0. The first-order valence-electron chi connectivity index (χ1n) is 3.63. The van der Waals surface area contributed by atoms with E-state index in [9.17, 15) is 0 Å². The zero-order valence-corrected chi connectivity index (χ0v) is 10.5.